The van der Waals surface area contributed by atoms with Crippen LogP contribution in [0.2, 0.25) is 0 Å². The van der Waals surface area contributed by atoms with Gasteiger partial charge >= 0.3 is 0 Å². The van der Waals surface area contributed by atoms with Crippen molar-refractivity contribution in [2.75, 3.05) is 5.32 Å². The first kappa shape index (κ1) is 17.7. The molecule has 0 spiro atoms. The van der Waals surface area contributed by atoms with Gasteiger partial charge in [0.15, 0.2) is 5.96 Å². The summed E-state index contributed by atoms with van der Waals surface area (Å²) in [5.74, 6) is 1.30. The number of nitrogens with zero attached hydrogens (tertiary/aromatic N) is 3. The van der Waals surface area contributed by atoms with Gasteiger partial charge in [0.1, 0.15) is 12.4 Å². The second-order valence-electron chi connectivity index (χ2n) is 6.40. The highest BCUT2D eigenvalue weighted by Crippen LogP contribution is 2.14. The highest BCUT2D eigenvalue weighted by Gasteiger charge is 2.04. The molecule has 0 atom stereocenters. The quantitative estimate of drug-likeness (QED) is 0.528. The fourth-order valence-corrected chi connectivity index (χ4v) is 2.75. The number of aliphatic imine (C=N–C) groups is 1. The van der Waals surface area contributed by atoms with Crippen molar-refractivity contribution in [1.29, 1.82) is 0 Å². The molecule has 0 fully saturated rings. The summed E-state index contributed by atoms with van der Waals surface area (Å²) in [6, 6.07) is 16.6. The molecule has 134 valence electrons. The maximum atomic E-state index is 6.03. The van der Waals surface area contributed by atoms with E-state index < -0.39 is 0 Å². The van der Waals surface area contributed by atoms with Gasteiger partial charge in [-0.1, -0.05) is 36.4 Å². The van der Waals surface area contributed by atoms with Crippen molar-refractivity contribution in [3.8, 4) is 0 Å². The summed E-state index contributed by atoms with van der Waals surface area (Å²) in [5.41, 5.74) is 10.8. The number of rotatable bonds is 6. The smallest absolute Gasteiger partial charge is 0.193 e. The first-order valence-corrected chi connectivity index (χ1v) is 8.80. The molecule has 5 heteroatoms. The van der Waals surface area contributed by atoms with E-state index in [1.807, 2.05) is 24.5 Å². The lowest BCUT2D eigenvalue weighted by atomic mass is 10.1. The van der Waals surface area contributed by atoms with E-state index >= 15 is 0 Å². The van der Waals surface area contributed by atoms with E-state index in [0.717, 1.165) is 24.5 Å². The second-order valence-corrected chi connectivity index (χ2v) is 6.40. The lowest BCUT2D eigenvalue weighted by Gasteiger charge is -2.09. The van der Waals surface area contributed by atoms with Gasteiger partial charge in [-0.25, -0.2) is 9.98 Å². The third-order valence-corrected chi connectivity index (χ3v) is 4.46. The maximum absolute atomic E-state index is 6.03. The number of guanidine groups is 1. The van der Waals surface area contributed by atoms with E-state index in [1.54, 1.807) is 0 Å². The highest BCUT2D eigenvalue weighted by molar-refractivity contribution is 5.92. The zero-order valence-electron chi connectivity index (χ0n) is 15.3. The van der Waals surface area contributed by atoms with Crippen LogP contribution in [0.15, 0.2) is 65.9 Å². The van der Waals surface area contributed by atoms with Gasteiger partial charge in [0, 0.05) is 24.6 Å². The molecule has 0 unspecified atom stereocenters. The molecule has 1 aromatic heterocycles. The molecule has 3 N–H and O–H groups in total. The van der Waals surface area contributed by atoms with Crippen LogP contribution >= 0.6 is 0 Å². The Labute approximate surface area is 154 Å². The van der Waals surface area contributed by atoms with Crippen LogP contribution in [0.4, 0.5) is 5.69 Å². The van der Waals surface area contributed by atoms with Gasteiger partial charge in [0.05, 0.1) is 0 Å². The number of nitrogens with two attached hydrogens (primary N) is 1. The van der Waals surface area contributed by atoms with Gasteiger partial charge < -0.3 is 15.6 Å². The molecule has 5 nitrogen and oxygen atoms in total. The number of aryl methyl sites for hydroxylation is 4. The fraction of sp³-hybridized carbons (Fsp3) is 0.238. The molecule has 3 rings (SSSR count). The minimum absolute atomic E-state index is 0.394. The molecule has 0 aliphatic rings. The maximum Gasteiger partial charge on any atom is 0.193 e. The number of aromatic nitrogens is 2. The SMILES string of the molecule is Cc1ccc(NC(N)=NCc2nccn2CCc2ccccc2)cc1C. The molecule has 3 aromatic rings. The standard InChI is InChI=1S/C21H25N5/c1-16-8-9-19(14-17(16)2)25-21(22)24-15-20-23-11-13-26(20)12-10-18-6-4-3-5-7-18/h3-9,11,13-14H,10,12,15H2,1-2H3,(H3,22,24,25). The average Bonchev–Trinajstić information content (AvgIpc) is 3.10. The largest absolute Gasteiger partial charge is 0.370 e. The summed E-state index contributed by atoms with van der Waals surface area (Å²) in [4.78, 5) is 8.84. The molecule has 0 radical (unpaired) electrons. The molecule has 1 heterocycles. The summed E-state index contributed by atoms with van der Waals surface area (Å²) in [7, 11) is 0. The molecule has 0 aliphatic carbocycles. The Morgan fingerprint density at radius 2 is 1.92 bits per heavy atom. The van der Waals surface area contributed by atoms with Gasteiger partial charge in [-0.3, -0.25) is 0 Å². The molecule has 0 aliphatic heterocycles. The zero-order chi connectivity index (χ0) is 18.4. The Kier molecular flexibility index (Phi) is 5.69. The lowest BCUT2D eigenvalue weighted by Crippen LogP contribution is -2.23. The van der Waals surface area contributed by atoms with Crippen LogP contribution in [0.5, 0.6) is 0 Å². The Morgan fingerprint density at radius 1 is 1.12 bits per heavy atom. The Balaban J connectivity index is 1.59. The third-order valence-electron chi connectivity index (χ3n) is 4.46. The predicted molar refractivity (Wildman–Crippen MR) is 107 cm³/mol. The number of hydrogen-bond donors (Lipinski definition) is 2. The summed E-state index contributed by atoms with van der Waals surface area (Å²) in [6.45, 7) is 5.49. The first-order chi connectivity index (χ1) is 12.6. The molecule has 0 saturated carbocycles. The highest BCUT2D eigenvalue weighted by atomic mass is 15.1. The van der Waals surface area contributed by atoms with Gasteiger partial charge in [0.25, 0.3) is 0 Å². The van der Waals surface area contributed by atoms with Crippen LogP contribution in [-0.4, -0.2) is 15.5 Å². The van der Waals surface area contributed by atoms with Crippen molar-refractivity contribution in [2.24, 2.45) is 10.7 Å². The van der Waals surface area contributed by atoms with Crippen molar-refractivity contribution in [3.05, 3.63) is 83.4 Å². The molecular formula is C21H25N5. The van der Waals surface area contributed by atoms with E-state index in [-0.39, 0.29) is 0 Å². The summed E-state index contributed by atoms with van der Waals surface area (Å²) in [5, 5.41) is 3.14. The van der Waals surface area contributed by atoms with E-state index in [9.17, 15) is 0 Å². The van der Waals surface area contributed by atoms with Crippen molar-refractivity contribution in [2.45, 2.75) is 33.4 Å². The van der Waals surface area contributed by atoms with Crippen LogP contribution in [0.1, 0.15) is 22.5 Å². The van der Waals surface area contributed by atoms with Gasteiger partial charge in [-0.05, 0) is 49.1 Å². The van der Waals surface area contributed by atoms with Crippen LogP contribution < -0.4 is 11.1 Å². The molecule has 0 bridgehead atoms. The van der Waals surface area contributed by atoms with Crippen LogP contribution in [-0.2, 0) is 19.5 Å². The van der Waals surface area contributed by atoms with Crippen LogP contribution in [0.3, 0.4) is 0 Å². The number of hydrogen-bond acceptors (Lipinski definition) is 2. The Hall–Kier alpha value is -3.08. The average molecular weight is 347 g/mol. The number of benzene rings is 2. The van der Waals surface area contributed by atoms with Gasteiger partial charge in [0.2, 0.25) is 0 Å². The van der Waals surface area contributed by atoms with E-state index in [1.165, 1.54) is 16.7 Å². The van der Waals surface area contributed by atoms with E-state index in [0.29, 0.717) is 12.5 Å². The zero-order valence-corrected chi connectivity index (χ0v) is 15.3. The lowest BCUT2D eigenvalue weighted by molar-refractivity contribution is 0.652. The normalized spacial score (nSPS) is 11.5. The summed E-state index contributed by atoms with van der Waals surface area (Å²) in [6.07, 6.45) is 4.76. The minimum atomic E-state index is 0.394. The van der Waals surface area contributed by atoms with E-state index in [4.69, 9.17) is 5.73 Å². The summed E-state index contributed by atoms with van der Waals surface area (Å²) >= 11 is 0. The van der Waals surface area contributed by atoms with Crippen molar-refractivity contribution >= 4 is 11.6 Å². The molecule has 2 aromatic carbocycles. The number of nitrogens with one attached hydrogen (secondary N) is 1. The van der Waals surface area contributed by atoms with Crippen molar-refractivity contribution in [3.63, 3.8) is 0 Å². The number of imidazole rings is 1. The molecule has 0 amide bonds. The topological polar surface area (TPSA) is 68.2 Å². The van der Waals surface area contributed by atoms with Crippen molar-refractivity contribution in [1.82, 2.24) is 9.55 Å². The van der Waals surface area contributed by atoms with Crippen LogP contribution in [0, 0.1) is 13.8 Å². The first-order valence-electron chi connectivity index (χ1n) is 8.80. The minimum Gasteiger partial charge on any atom is -0.370 e. The fourth-order valence-electron chi connectivity index (χ4n) is 2.75. The second kappa shape index (κ2) is 8.34. The Morgan fingerprint density at radius 3 is 2.69 bits per heavy atom. The van der Waals surface area contributed by atoms with E-state index in [2.05, 4.69) is 70.1 Å². The Bertz CT molecular complexity index is 880. The molecule has 0 saturated heterocycles. The third kappa shape index (κ3) is 4.72. The molecular weight excluding hydrogens is 322 g/mol. The van der Waals surface area contributed by atoms with Gasteiger partial charge in [-0.2, -0.15) is 0 Å². The monoisotopic (exact) mass is 347 g/mol. The summed E-state index contributed by atoms with van der Waals surface area (Å²) < 4.78 is 2.12. The predicted octanol–water partition coefficient (Wildman–Crippen LogP) is 3.67. The van der Waals surface area contributed by atoms with Crippen LogP contribution in [0.25, 0.3) is 0 Å². The van der Waals surface area contributed by atoms with Crippen molar-refractivity contribution < 1.29 is 0 Å². The molecule has 26 heavy (non-hydrogen) atoms. The number of anilines is 1. The van der Waals surface area contributed by atoms with Gasteiger partial charge in [-0.15, -0.1) is 0 Å².